The molecule has 1 aliphatic heterocycles. The van der Waals surface area contributed by atoms with Gasteiger partial charge in [-0.05, 0) is 49.9 Å². The number of hydrogen-bond acceptors (Lipinski definition) is 2. The van der Waals surface area contributed by atoms with Crippen molar-refractivity contribution in [3.63, 3.8) is 0 Å². The summed E-state index contributed by atoms with van der Waals surface area (Å²) in [7, 11) is 0. The van der Waals surface area contributed by atoms with Gasteiger partial charge in [0.15, 0.2) is 0 Å². The van der Waals surface area contributed by atoms with Crippen LogP contribution < -0.4 is 5.32 Å². The molecule has 2 aromatic rings. The summed E-state index contributed by atoms with van der Waals surface area (Å²) >= 11 is 1.68. The molecule has 1 N–H and O–H groups in total. The van der Waals surface area contributed by atoms with Crippen LogP contribution in [0.5, 0.6) is 0 Å². The molecule has 1 aromatic carbocycles. The second-order valence-electron chi connectivity index (χ2n) is 5.83. The smallest absolute Gasteiger partial charge is 0.322 e. The fourth-order valence-corrected chi connectivity index (χ4v) is 3.74. The van der Waals surface area contributed by atoms with Crippen LogP contribution in [0.25, 0.3) is 0 Å². The van der Waals surface area contributed by atoms with E-state index in [1.807, 2.05) is 35.4 Å². The van der Waals surface area contributed by atoms with Gasteiger partial charge in [-0.25, -0.2) is 4.79 Å². The molecule has 122 valence electrons. The lowest BCUT2D eigenvalue weighted by atomic mass is 10.1. The third-order valence-corrected chi connectivity index (χ3v) is 5.21. The van der Waals surface area contributed by atoms with E-state index in [-0.39, 0.29) is 12.1 Å². The average molecular weight is 329 g/mol. The number of amides is 2. The molecule has 0 saturated heterocycles. The molecule has 2 amide bonds. The number of aromatic nitrogens is 1. The Balaban J connectivity index is 1.79. The number of carbonyl (C=O) groups is 1. The first-order chi connectivity index (χ1) is 11.1. The maximum atomic E-state index is 12.8. The third-order valence-electron chi connectivity index (χ3n) is 4.48. The maximum Gasteiger partial charge on any atom is 0.322 e. The number of fused-ring (bicyclic) bond motifs is 1. The molecule has 23 heavy (non-hydrogen) atoms. The Kier molecular flexibility index (Phi) is 4.66. The van der Waals surface area contributed by atoms with Crippen molar-refractivity contribution in [2.75, 3.05) is 18.1 Å². The molecule has 0 saturated carbocycles. The lowest BCUT2D eigenvalue weighted by Gasteiger charge is -2.37. The van der Waals surface area contributed by atoms with Crippen molar-refractivity contribution < 1.29 is 4.79 Å². The maximum absolute atomic E-state index is 12.8. The van der Waals surface area contributed by atoms with Gasteiger partial charge in [0.25, 0.3) is 0 Å². The zero-order valence-electron chi connectivity index (χ0n) is 13.9. The molecule has 1 atom stereocenters. The van der Waals surface area contributed by atoms with Gasteiger partial charge < -0.3 is 14.8 Å². The summed E-state index contributed by atoms with van der Waals surface area (Å²) < 4.78 is 2.33. The molecule has 4 nitrogen and oxygen atoms in total. The van der Waals surface area contributed by atoms with E-state index < -0.39 is 0 Å². The van der Waals surface area contributed by atoms with Gasteiger partial charge in [-0.3, -0.25) is 0 Å². The summed E-state index contributed by atoms with van der Waals surface area (Å²) in [5.41, 5.74) is 3.37. The molecule has 1 aromatic heterocycles. The van der Waals surface area contributed by atoms with Crippen LogP contribution in [-0.2, 0) is 6.54 Å². The van der Waals surface area contributed by atoms with Crippen molar-refractivity contribution >= 4 is 23.5 Å². The lowest BCUT2D eigenvalue weighted by molar-refractivity contribution is 0.165. The number of urea groups is 1. The summed E-state index contributed by atoms with van der Waals surface area (Å²) in [5.74, 6) is 0. The highest BCUT2D eigenvalue weighted by Crippen LogP contribution is 2.31. The van der Waals surface area contributed by atoms with E-state index in [0.717, 1.165) is 30.1 Å². The molecular weight excluding hydrogens is 306 g/mol. The van der Waals surface area contributed by atoms with Crippen molar-refractivity contribution in [1.29, 1.82) is 0 Å². The minimum atomic E-state index is -0.0137. The minimum Gasteiger partial charge on any atom is -0.345 e. The Morgan fingerprint density at radius 1 is 1.30 bits per heavy atom. The number of hydrogen-bond donors (Lipinski definition) is 1. The number of carbonyl (C=O) groups excluding carboxylic acids is 1. The second-order valence-corrected chi connectivity index (χ2v) is 6.71. The molecule has 0 bridgehead atoms. The van der Waals surface area contributed by atoms with E-state index >= 15 is 0 Å². The molecule has 2 heterocycles. The van der Waals surface area contributed by atoms with Crippen LogP contribution in [-0.4, -0.2) is 28.3 Å². The lowest BCUT2D eigenvalue weighted by Crippen LogP contribution is -2.44. The van der Waals surface area contributed by atoms with Crippen LogP contribution in [0.15, 0.2) is 41.3 Å². The van der Waals surface area contributed by atoms with Gasteiger partial charge >= 0.3 is 6.03 Å². The molecule has 0 fully saturated rings. The standard InChI is InChI=1S/C18H23N3OS/c1-4-16-17-9-8-13(2)20(17)10-11-21(16)18(22)19-14-6-5-7-15(12-14)23-3/h5-9,12,16H,4,10-11H2,1-3H3,(H,19,22)/t16-/m1/s1. The van der Waals surface area contributed by atoms with Crippen molar-refractivity contribution in [3.05, 3.63) is 47.8 Å². The van der Waals surface area contributed by atoms with Crippen LogP contribution in [0.4, 0.5) is 10.5 Å². The summed E-state index contributed by atoms with van der Waals surface area (Å²) in [6, 6.07) is 12.4. The van der Waals surface area contributed by atoms with Gasteiger partial charge in [-0.15, -0.1) is 11.8 Å². The van der Waals surface area contributed by atoms with Crippen LogP contribution in [0.1, 0.15) is 30.8 Å². The van der Waals surface area contributed by atoms with Gasteiger partial charge in [-0.2, -0.15) is 0 Å². The SMILES string of the molecule is CC[C@@H]1c2ccc(C)n2CCN1C(=O)Nc1cccc(SC)c1. The van der Waals surface area contributed by atoms with Gasteiger partial charge in [0.05, 0.1) is 6.04 Å². The Hall–Kier alpha value is -1.88. The fourth-order valence-electron chi connectivity index (χ4n) is 3.28. The predicted molar refractivity (Wildman–Crippen MR) is 96.1 cm³/mol. The monoisotopic (exact) mass is 329 g/mol. The van der Waals surface area contributed by atoms with Crippen LogP contribution in [0, 0.1) is 6.92 Å². The van der Waals surface area contributed by atoms with Gasteiger partial charge in [0.2, 0.25) is 0 Å². The van der Waals surface area contributed by atoms with E-state index in [2.05, 4.69) is 35.9 Å². The Labute approximate surface area is 141 Å². The van der Waals surface area contributed by atoms with E-state index in [0.29, 0.717) is 0 Å². The number of nitrogens with zero attached hydrogens (tertiary/aromatic N) is 2. The van der Waals surface area contributed by atoms with Crippen molar-refractivity contribution in [1.82, 2.24) is 9.47 Å². The van der Waals surface area contributed by atoms with E-state index in [4.69, 9.17) is 0 Å². The summed E-state index contributed by atoms with van der Waals surface area (Å²) in [6.45, 7) is 5.87. The van der Waals surface area contributed by atoms with E-state index in [1.54, 1.807) is 11.8 Å². The first-order valence-electron chi connectivity index (χ1n) is 8.01. The van der Waals surface area contributed by atoms with Crippen molar-refractivity contribution in [3.8, 4) is 0 Å². The second kappa shape index (κ2) is 6.71. The summed E-state index contributed by atoms with van der Waals surface area (Å²) in [4.78, 5) is 15.9. The van der Waals surface area contributed by atoms with Crippen LogP contribution in [0.3, 0.4) is 0 Å². The van der Waals surface area contributed by atoms with Crippen LogP contribution >= 0.6 is 11.8 Å². The van der Waals surface area contributed by atoms with Gasteiger partial charge in [-0.1, -0.05) is 13.0 Å². The zero-order chi connectivity index (χ0) is 16.4. The first kappa shape index (κ1) is 16.0. The van der Waals surface area contributed by atoms with E-state index in [9.17, 15) is 4.79 Å². The number of rotatable bonds is 3. The van der Waals surface area contributed by atoms with Crippen LogP contribution in [0.2, 0.25) is 0 Å². The molecular formula is C18H23N3OS. The predicted octanol–water partition coefficient (Wildman–Crippen LogP) is 4.52. The molecule has 0 spiro atoms. The van der Waals surface area contributed by atoms with Crippen molar-refractivity contribution in [2.24, 2.45) is 0 Å². The Bertz CT molecular complexity index is 710. The highest BCUT2D eigenvalue weighted by atomic mass is 32.2. The third kappa shape index (κ3) is 3.11. The Morgan fingerprint density at radius 2 is 2.13 bits per heavy atom. The molecule has 0 radical (unpaired) electrons. The van der Waals surface area contributed by atoms with Gasteiger partial charge in [0, 0.05) is 35.1 Å². The molecule has 5 heteroatoms. The minimum absolute atomic E-state index is 0.0137. The van der Waals surface area contributed by atoms with E-state index in [1.165, 1.54) is 11.4 Å². The number of thioether (sulfide) groups is 1. The van der Waals surface area contributed by atoms with Gasteiger partial charge in [0.1, 0.15) is 0 Å². The highest BCUT2D eigenvalue weighted by molar-refractivity contribution is 7.98. The summed E-state index contributed by atoms with van der Waals surface area (Å²) in [6.07, 6.45) is 2.96. The first-order valence-corrected chi connectivity index (χ1v) is 9.24. The average Bonchev–Trinajstić information content (AvgIpc) is 2.95. The number of nitrogens with one attached hydrogen (secondary N) is 1. The molecule has 1 aliphatic rings. The Morgan fingerprint density at radius 3 is 2.87 bits per heavy atom. The summed E-state index contributed by atoms with van der Waals surface area (Å²) in [5, 5.41) is 3.05. The largest absolute Gasteiger partial charge is 0.345 e. The quantitative estimate of drug-likeness (QED) is 0.841. The normalized spacial score (nSPS) is 17.0. The fraction of sp³-hybridized carbons (Fsp3) is 0.389. The molecule has 0 unspecified atom stereocenters. The highest BCUT2D eigenvalue weighted by Gasteiger charge is 2.30. The van der Waals surface area contributed by atoms with Crippen molar-refractivity contribution in [2.45, 2.75) is 37.8 Å². The molecule has 0 aliphatic carbocycles. The topological polar surface area (TPSA) is 37.3 Å². The zero-order valence-corrected chi connectivity index (χ0v) is 14.7. The number of benzene rings is 1. The molecule has 3 rings (SSSR count). The number of anilines is 1. The number of aryl methyl sites for hydroxylation is 1.